The van der Waals surface area contributed by atoms with Gasteiger partial charge in [-0.25, -0.2) is 9.96 Å². The second-order valence-electron chi connectivity index (χ2n) is 8.26. The van der Waals surface area contributed by atoms with E-state index < -0.39 is 18.1 Å². The average Bonchev–Trinajstić information content (AvgIpc) is 3.36. The van der Waals surface area contributed by atoms with Crippen molar-refractivity contribution in [1.82, 2.24) is 0 Å². The van der Waals surface area contributed by atoms with Crippen LogP contribution in [0.4, 0.5) is 11.4 Å². The van der Waals surface area contributed by atoms with Gasteiger partial charge in [-0.15, -0.1) is 0 Å². The van der Waals surface area contributed by atoms with Gasteiger partial charge in [0, 0.05) is 5.39 Å². The number of phenols is 1. The third kappa shape index (κ3) is 2.99. The van der Waals surface area contributed by atoms with Crippen LogP contribution in [0.25, 0.3) is 10.8 Å². The van der Waals surface area contributed by atoms with Gasteiger partial charge >= 0.3 is 0 Å². The van der Waals surface area contributed by atoms with E-state index in [1.54, 1.807) is 35.4 Å². The Labute approximate surface area is 190 Å². The molecule has 6 rings (SSSR count). The maximum Gasteiger partial charge on any atom is 0.266 e. The topological polar surface area (TPSA) is 70.1 Å². The summed E-state index contributed by atoms with van der Waals surface area (Å²) in [6.07, 6.45) is -0.935. The molecule has 0 aromatic heterocycles. The average molecular weight is 436 g/mol. The summed E-state index contributed by atoms with van der Waals surface area (Å²) in [6.45, 7) is 0. The number of hydrogen-bond acceptors (Lipinski definition) is 5. The summed E-state index contributed by atoms with van der Waals surface area (Å²) in [7, 11) is 0. The highest BCUT2D eigenvalue weighted by molar-refractivity contribution is 6.26. The molecule has 6 heteroatoms. The molecule has 3 unspecified atom stereocenters. The maximum absolute atomic E-state index is 13.8. The van der Waals surface area contributed by atoms with Crippen molar-refractivity contribution in [2.75, 3.05) is 9.96 Å². The number of phenolic OH excluding ortho intramolecular Hbond substituents is 1. The highest BCUT2D eigenvalue weighted by Crippen LogP contribution is 2.48. The number of aromatic hydroxyl groups is 1. The monoisotopic (exact) mass is 436 g/mol. The zero-order valence-electron chi connectivity index (χ0n) is 17.5. The van der Waals surface area contributed by atoms with E-state index in [0.717, 1.165) is 22.0 Å². The van der Waals surface area contributed by atoms with Crippen molar-refractivity contribution in [2.45, 2.75) is 12.1 Å². The lowest BCUT2D eigenvalue weighted by molar-refractivity contribution is -0.126. The molecule has 0 radical (unpaired) electrons. The van der Waals surface area contributed by atoms with E-state index in [-0.39, 0.29) is 17.6 Å². The highest BCUT2D eigenvalue weighted by Gasteiger charge is 2.60. The lowest BCUT2D eigenvalue weighted by Gasteiger charge is -2.29. The molecule has 6 nitrogen and oxygen atoms in total. The fourth-order valence-electron chi connectivity index (χ4n) is 4.86. The van der Waals surface area contributed by atoms with Gasteiger partial charge in [0.25, 0.3) is 5.91 Å². The van der Waals surface area contributed by atoms with E-state index in [1.165, 1.54) is 4.90 Å². The lowest BCUT2D eigenvalue weighted by atomic mass is 9.90. The molecule has 0 bridgehead atoms. The molecular weight excluding hydrogens is 416 g/mol. The van der Waals surface area contributed by atoms with Crippen LogP contribution in [0.2, 0.25) is 0 Å². The summed E-state index contributed by atoms with van der Waals surface area (Å²) in [5.41, 5.74) is 2.10. The standard InChI is InChI=1S/C27H20N2O4/c30-20-15-13-18(14-16-20)24-23-25(33-29(24)19-9-2-1-3-10-19)27(32)28(26(23)31)22-12-6-8-17-7-4-5-11-21(17)22/h1-16,23-25,30H. The molecule has 2 saturated heterocycles. The number of imide groups is 1. The molecule has 1 N–H and O–H groups in total. The first-order valence-corrected chi connectivity index (χ1v) is 10.8. The number of amides is 2. The molecule has 0 spiro atoms. The quantitative estimate of drug-likeness (QED) is 0.476. The van der Waals surface area contributed by atoms with Crippen LogP contribution in [-0.4, -0.2) is 23.0 Å². The molecule has 4 aromatic carbocycles. The van der Waals surface area contributed by atoms with Gasteiger partial charge in [-0.05, 0) is 41.3 Å². The SMILES string of the molecule is O=C1C2ON(c3ccccc3)C(c3ccc(O)cc3)C2C(=O)N1c1cccc2ccccc12. The fraction of sp³-hybridized carbons (Fsp3) is 0.111. The Morgan fingerprint density at radius 1 is 0.727 bits per heavy atom. The molecule has 2 aliphatic heterocycles. The van der Waals surface area contributed by atoms with Crippen molar-refractivity contribution in [2.24, 2.45) is 5.92 Å². The Morgan fingerprint density at radius 3 is 2.21 bits per heavy atom. The van der Waals surface area contributed by atoms with Crippen LogP contribution >= 0.6 is 0 Å². The number of fused-ring (bicyclic) bond motifs is 2. The predicted molar refractivity (Wildman–Crippen MR) is 125 cm³/mol. The molecule has 0 saturated carbocycles. The van der Waals surface area contributed by atoms with E-state index in [0.29, 0.717) is 5.69 Å². The predicted octanol–water partition coefficient (Wildman–Crippen LogP) is 4.60. The molecule has 2 heterocycles. The summed E-state index contributed by atoms with van der Waals surface area (Å²) in [5.74, 6) is -1.26. The summed E-state index contributed by atoms with van der Waals surface area (Å²) in [6, 6.07) is 28.9. The Hall–Kier alpha value is -4.16. The molecule has 3 atom stereocenters. The van der Waals surface area contributed by atoms with Gasteiger partial charge in [0.15, 0.2) is 6.10 Å². The van der Waals surface area contributed by atoms with E-state index in [9.17, 15) is 14.7 Å². The number of rotatable bonds is 3. The minimum absolute atomic E-state index is 0.131. The van der Waals surface area contributed by atoms with Gasteiger partial charge in [0.05, 0.1) is 17.4 Å². The van der Waals surface area contributed by atoms with E-state index >= 15 is 0 Å². The molecule has 2 fully saturated rings. The number of carbonyl (C=O) groups is 2. The molecule has 4 aromatic rings. The van der Waals surface area contributed by atoms with Gasteiger partial charge in [0.2, 0.25) is 5.91 Å². The van der Waals surface area contributed by atoms with Gasteiger partial charge in [-0.3, -0.25) is 14.4 Å². The second-order valence-corrected chi connectivity index (χ2v) is 8.26. The third-order valence-electron chi connectivity index (χ3n) is 6.37. The van der Waals surface area contributed by atoms with E-state index in [2.05, 4.69) is 0 Å². The Morgan fingerprint density at radius 2 is 1.42 bits per heavy atom. The van der Waals surface area contributed by atoms with Crippen LogP contribution in [0.5, 0.6) is 5.75 Å². The van der Waals surface area contributed by atoms with Gasteiger partial charge < -0.3 is 5.11 Å². The van der Waals surface area contributed by atoms with Crippen LogP contribution in [0.3, 0.4) is 0 Å². The smallest absolute Gasteiger partial charge is 0.266 e. The number of carbonyl (C=O) groups excluding carboxylic acids is 2. The summed E-state index contributed by atoms with van der Waals surface area (Å²) in [4.78, 5) is 34.8. The number of benzene rings is 4. The zero-order chi connectivity index (χ0) is 22.5. The van der Waals surface area contributed by atoms with Gasteiger partial charge in [-0.2, -0.15) is 0 Å². The molecule has 162 valence electrons. The summed E-state index contributed by atoms with van der Waals surface area (Å²) in [5, 5.41) is 13.2. The van der Waals surface area contributed by atoms with Gasteiger partial charge in [-0.1, -0.05) is 66.7 Å². The maximum atomic E-state index is 13.8. The zero-order valence-corrected chi connectivity index (χ0v) is 17.5. The van der Waals surface area contributed by atoms with E-state index in [4.69, 9.17) is 4.84 Å². The first-order valence-electron chi connectivity index (χ1n) is 10.8. The molecular formula is C27H20N2O4. The molecule has 2 amide bonds. The van der Waals surface area contributed by atoms with Crippen LogP contribution in [0.1, 0.15) is 11.6 Å². The van der Waals surface area contributed by atoms with Crippen molar-refractivity contribution in [1.29, 1.82) is 0 Å². The van der Waals surface area contributed by atoms with Crippen molar-refractivity contribution in [3.63, 3.8) is 0 Å². The number of anilines is 2. The molecule has 33 heavy (non-hydrogen) atoms. The van der Waals surface area contributed by atoms with Gasteiger partial charge in [0.1, 0.15) is 11.7 Å². The summed E-state index contributed by atoms with van der Waals surface area (Å²) >= 11 is 0. The number of nitrogens with zero attached hydrogens (tertiary/aromatic N) is 2. The normalized spacial score (nSPS) is 22.2. The first-order chi connectivity index (χ1) is 16.1. The number of para-hydroxylation sites is 1. The van der Waals surface area contributed by atoms with E-state index in [1.807, 2.05) is 66.7 Å². The minimum Gasteiger partial charge on any atom is -0.508 e. The minimum atomic E-state index is -0.935. The first kappa shape index (κ1) is 19.5. The molecule has 2 aliphatic rings. The van der Waals surface area contributed by atoms with Crippen molar-refractivity contribution in [3.8, 4) is 5.75 Å². The summed E-state index contributed by atoms with van der Waals surface area (Å²) < 4.78 is 0. The van der Waals surface area contributed by atoms with Crippen molar-refractivity contribution < 1.29 is 19.5 Å². The molecule has 0 aliphatic carbocycles. The Kier molecular flexibility index (Phi) is 4.41. The van der Waals surface area contributed by atoms with Crippen molar-refractivity contribution >= 4 is 34.0 Å². The third-order valence-corrected chi connectivity index (χ3v) is 6.37. The largest absolute Gasteiger partial charge is 0.508 e. The number of hydrogen-bond donors (Lipinski definition) is 1. The Balaban J connectivity index is 1.46. The second kappa shape index (κ2) is 7.46. The lowest BCUT2D eigenvalue weighted by Crippen LogP contribution is -2.37. The number of hydroxylamine groups is 1. The fourth-order valence-corrected chi connectivity index (χ4v) is 4.86. The van der Waals surface area contributed by atoms with Crippen LogP contribution < -0.4 is 9.96 Å². The van der Waals surface area contributed by atoms with Crippen molar-refractivity contribution in [3.05, 3.63) is 103 Å². The van der Waals surface area contributed by atoms with Crippen LogP contribution in [0, 0.1) is 5.92 Å². The Bertz CT molecular complexity index is 1360. The highest BCUT2D eigenvalue weighted by atomic mass is 16.7. The van der Waals surface area contributed by atoms with Crippen LogP contribution in [0.15, 0.2) is 97.1 Å². The van der Waals surface area contributed by atoms with Crippen LogP contribution in [-0.2, 0) is 14.4 Å².